The molecule has 0 aliphatic carbocycles. The van der Waals surface area contributed by atoms with Crippen molar-refractivity contribution < 1.29 is 13.2 Å². The number of ether oxygens (including phenoxy) is 1. The molecular weight excluding hydrogens is 412 g/mol. The maximum Gasteiger partial charge on any atom is 0.243 e. The van der Waals surface area contributed by atoms with Gasteiger partial charge in [-0.15, -0.1) is 0 Å². The van der Waals surface area contributed by atoms with Gasteiger partial charge in [0.2, 0.25) is 15.9 Å². The largest absolute Gasteiger partial charge is 0.439 e. The molecule has 150 valence electrons. The smallest absolute Gasteiger partial charge is 0.243 e. The highest BCUT2D eigenvalue weighted by atomic mass is 35.5. The zero-order valence-electron chi connectivity index (χ0n) is 15.5. The minimum Gasteiger partial charge on any atom is -0.439 e. The van der Waals surface area contributed by atoms with Gasteiger partial charge >= 0.3 is 0 Å². The topological polar surface area (TPSA) is 75.6 Å². The maximum atomic E-state index is 12.8. The summed E-state index contributed by atoms with van der Waals surface area (Å²) in [7, 11) is -3.54. The van der Waals surface area contributed by atoms with E-state index in [9.17, 15) is 8.42 Å². The molecule has 2 heterocycles. The summed E-state index contributed by atoms with van der Waals surface area (Å²) in [5.41, 5.74) is 0. The maximum absolute atomic E-state index is 12.8. The van der Waals surface area contributed by atoms with Crippen LogP contribution >= 0.6 is 11.6 Å². The first-order valence-corrected chi connectivity index (χ1v) is 10.9. The van der Waals surface area contributed by atoms with Crippen molar-refractivity contribution >= 4 is 27.4 Å². The lowest BCUT2D eigenvalue weighted by atomic mass is 10.3. The fourth-order valence-corrected chi connectivity index (χ4v) is 4.63. The van der Waals surface area contributed by atoms with Gasteiger partial charge in [0.15, 0.2) is 0 Å². The second-order valence-corrected chi connectivity index (χ2v) is 8.85. The number of anilines is 1. The Balaban J connectivity index is 1.43. The molecule has 1 aliphatic heterocycles. The molecule has 0 unspecified atom stereocenters. The molecule has 0 amide bonds. The Morgan fingerprint density at radius 1 is 0.897 bits per heavy atom. The zero-order chi connectivity index (χ0) is 20.3. The summed E-state index contributed by atoms with van der Waals surface area (Å²) in [4.78, 5) is 10.7. The number of nitrogens with zero attached hydrogens (tertiary/aromatic N) is 4. The molecule has 2 aromatic carbocycles. The van der Waals surface area contributed by atoms with Gasteiger partial charge in [0, 0.05) is 37.3 Å². The zero-order valence-corrected chi connectivity index (χ0v) is 17.1. The first-order chi connectivity index (χ1) is 14.0. The lowest BCUT2D eigenvalue weighted by molar-refractivity contribution is 0.383. The van der Waals surface area contributed by atoms with Gasteiger partial charge in [0.25, 0.3) is 0 Å². The van der Waals surface area contributed by atoms with E-state index >= 15 is 0 Å². The second-order valence-electron chi connectivity index (χ2n) is 6.47. The standard InChI is InChI=1S/C20H19ClN4O3S/c21-16-6-8-18(9-7-16)29(26,27)25-12-10-24(11-13-25)19-14-20(23-15-22-19)28-17-4-2-1-3-5-17/h1-9,14-15H,10-13H2. The van der Waals surface area contributed by atoms with E-state index in [4.69, 9.17) is 16.3 Å². The molecule has 0 saturated carbocycles. The van der Waals surface area contributed by atoms with Crippen molar-refractivity contribution in [2.75, 3.05) is 31.1 Å². The van der Waals surface area contributed by atoms with Gasteiger partial charge in [-0.1, -0.05) is 29.8 Å². The summed E-state index contributed by atoms with van der Waals surface area (Å²) in [6.07, 6.45) is 1.45. The summed E-state index contributed by atoms with van der Waals surface area (Å²) in [5, 5.41) is 0.506. The van der Waals surface area contributed by atoms with Crippen molar-refractivity contribution in [3.8, 4) is 11.6 Å². The molecular formula is C20H19ClN4O3S. The number of benzene rings is 2. The van der Waals surface area contributed by atoms with Gasteiger partial charge in [0.05, 0.1) is 4.90 Å². The van der Waals surface area contributed by atoms with Gasteiger partial charge in [0.1, 0.15) is 17.9 Å². The number of hydrogen-bond donors (Lipinski definition) is 0. The normalized spacial score (nSPS) is 15.3. The lowest BCUT2D eigenvalue weighted by Gasteiger charge is -2.34. The molecule has 1 aliphatic rings. The van der Waals surface area contributed by atoms with Crippen LogP contribution in [0.4, 0.5) is 5.82 Å². The quantitative estimate of drug-likeness (QED) is 0.617. The summed E-state index contributed by atoms with van der Waals surface area (Å²) in [6.45, 7) is 1.77. The molecule has 7 nitrogen and oxygen atoms in total. The first-order valence-electron chi connectivity index (χ1n) is 9.08. The van der Waals surface area contributed by atoms with Crippen LogP contribution in [0.15, 0.2) is 71.9 Å². The number of hydrogen-bond acceptors (Lipinski definition) is 6. The predicted molar refractivity (Wildman–Crippen MR) is 111 cm³/mol. The van der Waals surface area contributed by atoms with Crippen LogP contribution in [0.1, 0.15) is 0 Å². The fourth-order valence-electron chi connectivity index (χ4n) is 3.08. The third-order valence-electron chi connectivity index (χ3n) is 4.61. The van der Waals surface area contributed by atoms with Crippen LogP contribution in [-0.2, 0) is 10.0 Å². The number of halogens is 1. The lowest BCUT2D eigenvalue weighted by Crippen LogP contribution is -2.48. The Labute approximate surface area is 174 Å². The highest BCUT2D eigenvalue weighted by Crippen LogP contribution is 2.24. The molecule has 0 N–H and O–H groups in total. The average Bonchev–Trinajstić information content (AvgIpc) is 2.75. The van der Waals surface area contributed by atoms with Crippen molar-refractivity contribution in [3.63, 3.8) is 0 Å². The Morgan fingerprint density at radius 2 is 1.59 bits per heavy atom. The van der Waals surface area contributed by atoms with Crippen LogP contribution in [0.2, 0.25) is 5.02 Å². The van der Waals surface area contributed by atoms with Crippen molar-refractivity contribution in [3.05, 3.63) is 72.0 Å². The van der Waals surface area contributed by atoms with Crippen LogP contribution in [0.25, 0.3) is 0 Å². The highest BCUT2D eigenvalue weighted by Gasteiger charge is 2.29. The van der Waals surface area contributed by atoms with Gasteiger partial charge < -0.3 is 9.64 Å². The minimum absolute atomic E-state index is 0.246. The van der Waals surface area contributed by atoms with Crippen molar-refractivity contribution in [1.29, 1.82) is 0 Å². The molecule has 4 rings (SSSR count). The first kappa shape index (κ1) is 19.6. The molecule has 29 heavy (non-hydrogen) atoms. The molecule has 9 heteroatoms. The molecule has 0 atom stereocenters. The number of piperazine rings is 1. The van der Waals surface area contributed by atoms with E-state index in [1.165, 1.54) is 22.8 Å². The number of aromatic nitrogens is 2. The summed E-state index contributed by atoms with van der Waals surface area (Å²) < 4.78 is 32.9. The Kier molecular flexibility index (Phi) is 5.66. The van der Waals surface area contributed by atoms with Crippen LogP contribution in [0, 0.1) is 0 Å². The van der Waals surface area contributed by atoms with Crippen LogP contribution < -0.4 is 9.64 Å². The van der Waals surface area contributed by atoms with E-state index in [2.05, 4.69) is 9.97 Å². The molecule has 0 radical (unpaired) electrons. The third-order valence-corrected chi connectivity index (χ3v) is 6.77. The highest BCUT2D eigenvalue weighted by molar-refractivity contribution is 7.89. The van der Waals surface area contributed by atoms with Crippen molar-refractivity contribution in [2.24, 2.45) is 0 Å². The number of para-hydroxylation sites is 1. The SMILES string of the molecule is O=S(=O)(c1ccc(Cl)cc1)N1CCN(c2cc(Oc3ccccc3)ncn2)CC1. The van der Waals surface area contributed by atoms with Crippen LogP contribution in [0.5, 0.6) is 11.6 Å². The Morgan fingerprint density at radius 3 is 2.28 bits per heavy atom. The predicted octanol–water partition coefficient (Wildman–Crippen LogP) is 3.43. The van der Waals surface area contributed by atoms with Gasteiger partial charge in [-0.25, -0.2) is 18.4 Å². The van der Waals surface area contributed by atoms with Crippen molar-refractivity contribution in [2.45, 2.75) is 4.90 Å². The van der Waals surface area contributed by atoms with Gasteiger partial charge in [-0.2, -0.15) is 4.31 Å². The van der Waals surface area contributed by atoms with E-state index in [1.807, 2.05) is 35.2 Å². The molecule has 3 aromatic rings. The summed E-state index contributed by atoms with van der Waals surface area (Å²) >= 11 is 5.86. The summed E-state index contributed by atoms with van der Waals surface area (Å²) in [6, 6.07) is 17.4. The van der Waals surface area contributed by atoms with E-state index in [1.54, 1.807) is 18.2 Å². The van der Waals surface area contributed by atoms with Crippen LogP contribution in [0.3, 0.4) is 0 Å². The molecule has 1 aromatic heterocycles. The van der Waals surface area contributed by atoms with E-state index in [0.29, 0.717) is 48.6 Å². The fraction of sp³-hybridized carbons (Fsp3) is 0.200. The van der Waals surface area contributed by atoms with E-state index in [0.717, 1.165) is 0 Å². The number of rotatable bonds is 5. The molecule has 0 bridgehead atoms. The third kappa shape index (κ3) is 4.50. The average molecular weight is 431 g/mol. The summed E-state index contributed by atoms with van der Waals surface area (Å²) in [5.74, 6) is 1.84. The van der Waals surface area contributed by atoms with E-state index in [-0.39, 0.29) is 4.90 Å². The Hall–Kier alpha value is -2.68. The minimum atomic E-state index is -3.54. The second kappa shape index (κ2) is 8.36. The number of sulfonamides is 1. The van der Waals surface area contributed by atoms with Gasteiger partial charge in [-0.3, -0.25) is 0 Å². The molecule has 0 spiro atoms. The van der Waals surface area contributed by atoms with Crippen molar-refractivity contribution in [1.82, 2.24) is 14.3 Å². The monoisotopic (exact) mass is 430 g/mol. The van der Waals surface area contributed by atoms with Crippen LogP contribution in [-0.4, -0.2) is 48.9 Å². The molecule has 1 saturated heterocycles. The Bertz CT molecular complexity index is 1070. The van der Waals surface area contributed by atoms with E-state index < -0.39 is 10.0 Å². The van der Waals surface area contributed by atoms with Gasteiger partial charge in [-0.05, 0) is 36.4 Å². The molecule has 1 fully saturated rings.